The molecule has 0 aromatic carbocycles. The van der Waals surface area contributed by atoms with Crippen molar-refractivity contribution in [2.24, 2.45) is 0 Å². The predicted molar refractivity (Wildman–Crippen MR) is 121 cm³/mol. The molecule has 1 aliphatic rings. The van der Waals surface area contributed by atoms with Crippen LogP contribution >= 0.6 is 0 Å². The van der Waals surface area contributed by atoms with Gasteiger partial charge >= 0.3 is 5.97 Å². The third kappa shape index (κ3) is 15.2. The highest BCUT2D eigenvalue weighted by molar-refractivity contribution is 5.87. The molecule has 1 saturated heterocycles. The van der Waals surface area contributed by atoms with Crippen molar-refractivity contribution in [1.29, 1.82) is 0 Å². The number of amides is 1. The van der Waals surface area contributed by atoms with Gasteiger partial charge in [0.15, 0.2) is 0 Å². The normalized spacial score (nSPS) is 16.0. The van der Waals surface area contributed by atoms with Gasteiger partial charge in [0.1, 0.15) is 6.04 Å². The van der Waals surface area contributed by atoms with Crippen LogP contribution in [0.3, 0.4) is 0 Å². The van der Waals surface area contributed by atoms with Crippen molar-refractivity contribution in [2.45, 2.75) is 128 Å². The molecule has 0 unspecified atom stereocenters. The van der Waals surface area contributed by atoms with Crippen molar-refractivity contribution in [3.05, 3.63) is 12.7 Å². The minimum absolute atomic E-state index is 0.0440. The maximum atomic E-state index is 11.7. The summed E-state index contributed by atoms with van der Waals surface area (Å²) < 4.78 is 5.25. The molecule has 0 radical (unpaired) electrons. The largest absolute Gasteiger partial charge is 0.464 e. The molecule has 0 spiro atoms. The SMILES string of the molecule is C=CCCCCCCCCCCCCCCCCCCOC(=O)[C@@H]1CCC(=O)N1. The first-order valence-corrected chi connectivity index (χ1v) is 12.3. The summed E-state index contributed by atoms with van der Waals surface area (Å²) in [5, 5.41) is 2.65. The van der Waals surface area contributed by atoms with Gasteiger partial charge in [-0.2, -0.15) is 0 Å². The maximum absolute atomic E-state index is 11.7. The number of ether oxygens (including phenoxy) is 1. The molecular weight excluding hydrogens is 362 g/mol. The zero-order valence-electron chi connectivity index (χ0n) is 18.7. The summed E-state index contributed by atoms with van der Waals surface area (Å²) in [4.78, 5) is 22.8. The van der Waals surface area contributed by atoms with Gasteiger partial charge in [0.05, 0.1) is 6.61 Å². The molecule has 1 atom stereocenters. The summed E-state index contributed by atoms with van der Waals surface area (Å²) in [7, 11) is 0. The Bertz CT molecular complexity index is 436. The molecule has 0 aromatic rings. The van der Waals surface area contributed by atoms with Crippen LogP contribution in [0.1, 0.15) is 122 Å². The highest BCUT2D eigenvalue weighted by Gasteiger charge is 2.28. The van der Waals surface area contributed by atoms with E-state index in [0.717, 1.165) is 12.8 Å². The Balaban J connectivity index is 1.70. The van der Waals surface area contributed by atoms with Crippen molar-refractivity contribution in [3.63, 3.8) is 0 Å². The van der Waals surface area contributed by atoms with E-state index in [4.69, 9.17) is 4.74 Å². The number of nitrogens with one attached hydrogen (secondary N) is 1. The first kappa shape index (κ1) is 25.7. The number of carbonyl (C=O) groups excluding carboxylic acids is 2. The molecule has 1 N–H and O–H groups in total. The number of unbranched alkanes of at least 4 members (excludes halogenated alkanes) is 16. The lowest BCUT2D eigenvalue weighted by Crippen LogP contribution is -2.34. The molecular formula is C25H45NO3. The quantitative estimate of drug-likeness (QED) is 0.140. The van der Waals surface area contributed by atoms with E-state index in [-0.39, 0.29) is 11.9 Å². The number of carbonyl (C=O) groups is 2. The van der Waals surface area contributed by atoms with Crippen LogP contribution in [0.2, 0.25) is 0 Å². The molecule has 29 heavy (non-hydrogen) atoms. The second kappa shape index (κ2) is 18.7. The summed E-state index contributed by atoms with van der Waals surface area (Å²) in [5.41, 5.74) is 0. The van der Waals surface area contributed by atoms with Gasteiger partial charge < -0.3 is 10.1 Å². The van der Waals surface area contributed by atoms with Crippen LogP contribution in [0.25, 0.3) is 0 Å². The molecule has 0 aliphatic carbocycles. The standard InChI is InChI=1S/C25H45NO3/c1-2-3-4-5-6-7-8-9-10-11-12-13-14-15-16-17-18-19-22-29-25(28)23-20-21-24(27)26-23/h2,23H,1,3-22H2,(H,26,27)/t23-/m0/s1. The topological polar surface area (TPSA) is 55.4 Å². The fourth-order valence-electron chi connectivity index (χ4n) is 3.93. The van der Waals surface area contributed by atoms with Crippen molar-refractivity contribution < 1.29 is 14.3 Å². The van der Waals surface area contributed by atoms with Crippen molar-refractivity contribution in [3.8, 4) is 0 Å². The maximum Gasteiger partial charge on any atom is 0.328 e. The minimum Gasteiger partial charge on any atom is -0.464 e. The number of esters is 1. The molecule has 0 bridgehead atoms. The summed E-state index contributed by atoms with van der Waals surface area (Å²) in [6, 6.07) is -0.408. The zero-order valence-corrected chi connectivity index (χ0v) is 18.7. The van der Waals surface area contributed by atoms with Crippen molar-refractivity contribution in [1.82, 2.24) is 5.32 Å². The lowest BCUT2D eigenvalue weighted by atomic mass is 10.0. The van der Waals surface area contributed by atoms with Crippen LogP contribution in [-0.2, 0) is 14.3 Å². The lowest BCUT2D eigenvalue weighted by molar-refractivity contribution is -0.146. The van der Waals surface area contributed by atoms with Crippen LogP contribution in [0.15, 0.2) is 12.7 Å². The molecule has 4 heteroatoms. The Labute approximate surface area is 179 Å². The lowest BCUT2D eigenvalue weighted by Gasteiger charge is -2.09. The number of allylic oxidation sites excluding steroid dienone is 1. The van der Waals surface area contributed by atoms with Crippen molar-refractivity contribution in [2.75, 3.05) is 6.61 Å². The van der Waals surface area contributed by atoms with E-state index < -0.39 is 6.04 Å². The van der Waals surface area contributed by atoms with E-state index in [1.807, 2.05) is 6.08 Å². The first-order chi connectivity index (χ1) is 14.2. The average Bonchev–Trinajstić information content (AvgIpc) is 3.16. The molecule has 0 aromatic heterocycles. The highest BCUT2D eigenvalue weighted by atomic mass is 16.5. The Morgan fingerprint density at radius 3 is 1.69 bits per heavy atom. The summed E-state index contributed by atoms with van der Waals surface area (Å²) in [5.74, 6) is -0.309. The Hall–Kier alpha value is -1.32. The van der Waals surface area contributed by atoms with Crippen LogP contribution < -0.4 is 5.32 Å². The van der Waals surface area contributed by atoms with Crippen LogP contribution in [-0.4, -0.2) is 24.5 Å². The van der Waals surface area contributed by atoms with Crippen molar-refractivity contribution >= 4 is 11.9 Å². The summed E-state index contributed by atoms with van der Waals surface area (Å²) in [6.07, 6.45) is 25.4. The summed E-state index contributed by atoms with van der Waals surface area (Å²) in [6.45, 7) is 4.25. The first-order valence-electron chi connectivity index (χ1n) is 12.3. The van der Waals surface area contributed by atoms with Gasteiger partial charge in [-0.3, -0.25) is 4.79 Å². The smallest absolute Gasteiger partial charge is 0.328 e. The van der Waals surface area contributed by atoms with Gasteiger partial charge in [0, 0.05) is 6.42 Å². The van der Waals surface area contributed by atoms with Gasteiger partial charge in [0.25, 0.3) is 0 Å². The van der Waals surface area contributed by atoms with Gasteiger partial charge in [-0.25, -0.2) is 4.79 Å². The molecule has 0 saturated carbocycles. The van der Waals surface area contributed by atoms with Gasteiger partial charge in [0.2, 0.25) is 5.91 Å². The molecule has 1 amide bonds. The van der Waals surface area contributed by atoms with Crippen LogP contribution in [0.4, 0.5) is 0 Å². The molecule has 1 aliphatic heterocycles. The van der Waals surface area contributed by atoms with Gasteiger partial charge in [-0.15, -0.1) is 6.58 Å². The molecule has 1 fully saturated rings. The average molecular weight is 408 g/mol. The van der Waals surface area contributed by atoms with E-state index in [1.165, 1.54) is 96.3 Å². The van der Waals surface area contributed by atoms with Gasteiger partial charge in [-0.05, 0) is 25.7 Å². The molecule has 1 rings (SSSR count). The Morgan fingerprint density at radius 1 is 0.828 bits per heavy atom. The minimum atomic E-state index is -0.408. The number of hydrogen-bond acceptors (Lipinski definition) is 3. The van der Waals surface area contributed by atoms with Crippen LogP contribution in [0.5, 0.6) is 0 Å². The van der Waals surface area contributed by atoms with E-state index in [0.29, 0.717) is 19.4 Å². The zero-order chi connectivity index (χ0) is 21.0. The third-order valence-electron chi connectivity index (χ3n) is 5.83. The van der Waals surface area contributed by atoms with E-state index >= 15 is 0 Å². The Morgan fingerprint density at radius 2 is 1.28 bits per heavy atom. The fourth-order valence-corrected chi connectivity index (χ4v) is 3.93. The fraction of sp³-hybridized carbons (Fsp3) is 0.840. The number of hydrogen-bond donors (Lipinski definition) is 1. The summed E-state index contributed by atoms with van der Waals surface area (Å²) >= 11 is 0. The molecule has 168 valence electrons. The monoisotopic (exact) mass is 407 g/mol. The van der Waals surface area contributed by atoms with E-state index in [1.54, 1.807) is 0 Å². The highest BCUT2D eigenvalue weighted by Crippen LogP contribution is 2.14. The Kier molecular flexibility index (Phi) is 16.6. The molecule has 4 nitrogen and oxygen atoms in total. The second-order valence-electron chi connectivity index (χ2n) is 8.56. The third-order valence-corrected chi connectivity index (χ3v) is 5.83. The second-order valence-corrected chi connectivity index (χ2v) is 8.56. The molecule has 1 heterocycles. The van der Waals surface area contributed by atoms with E-state index in [2.05, 4.69) is 11.9 Å². The van der Waals surface area contributed by atoms with E-state index in [9.17, 15) is 9.59 Å². The predicted octanol–water partition coefficient (Wildman–Crippen LogP) is 6.63. The number of rotatable bonds is 20. The van der Waals surface area contributed by atoms with Crippen LogP contribution in [0, 0.1) is 0 Å². The van der Waals surface area contributed by atoms with Gasteiger partial charge in [-0.1, -0.05) is 96.0 Å².